The first kappa shape index (κ1) is 16.5. The Bertz CT molecular complexity index is 717. The molecule has 6 nitrogen and oxygen atoms in total. The maximum Gasteiger partial charge on any atom is 0.249 e. The third-order valence-electron chi connectivity index (χ3n) is 4.03. The van der Waals surface area contributed by atoms with Gasteiger partial charge in [-0.05, 0) is 31.0 Å². The number of aryl methyl sites for hydroxylation is 1. The second kappa shape index (κ2) is 7.49. The van der Waals surface area contributed by atoms with Crippen LogP contribution in [0.3, 0.4) is 0 Å². The van der Waals surface area contributed by atoms with Gasteiger partial charge in [-0.2, -0.15) is 5.10 Å². The lowest BCUT2D eigenvalue weighted by Gasteiger charge is -2.18. The van der Waals surface area contributed by atoms with Crippen molar-refractivity contribution in [2.45, 2.75) is 31.8 Å². The van der Waals surface area contributed by atoms with E-state index in [2.05, 4.69) is 10.4 Å². The molecular weight excluding hydrogens is 328 g/mol. The highest BCUT2D eigenvalue weighted by atomic mass is 35.5. The van der Waals surface area contributed by atoms with Crippen LogP contribution in [0.4, 0.5) is 5.69 Å². The van der Waals surface area contributed by atoms with E-state index in [-0.39, 0.29) is 11.8 Å². The van der Waals surface area contributed by atoms with Crippen molar-refractivity contribution in [1.29, 1.82) is 0 Å². The molecule has 0 bridgehead atoms. The Morgan fingerprint density at radius 1 is 1.33 bits per heavy atom. The highest BCUT2D eigenvalue weighted by Crippen LogP contribution is 2.28. The summed E-state index contributed by atoms with van der Waals surface area (Å²) in [7, 11) is 0. The van der Waals surface area contributed by atoms with Crippen LogP contribution in [-0.4, -0.2) is 34.2 Å². The van der Waals surface area contributed by atoms with Crippen molar-refractivity contribution in [2.75, 3.05) is 11.4 Å². The molecule has 1 aliphatic heterocycles. The molecular formula is C17H19ClN4O2. The number of carbonyl (C=O) groups excluding carboxylic acids is 2. The Morgan fingerprint density at radius 2 is 2.17 bits per heavy atom. The fraction of sp³-hybridized carbons (Fsp3) is 0.353. The number of nitrogens with zero attached hydrogens (tertiary/aromatic N) is 3. The van der Waals surface area contributed by atoms with Gasteiger partial charge >= 0.3 is 0 Å². The molecule has 1 N–H and O–H groups in total. The van der Waals surface area contributed by atoms with E-state index in [9.17, 15) is 9.59 Å². The molecule has 1 saturated heterocycles. The molecule has 1 aromatic heterocycles. The molecule has 7 heteroatoms. The summed E-state index contributed by atoms with van der Waals surface area (Å²) in [6.07, 6.45) is 5.22. The molecule has 126 valence electrons. The first-order chi connectivity index (χ1) is 11.6. The second-order valence-electron chi connectivity index (χ2n) is 5.72. The van der Waals surface area contributed by atoms with E-state index in [0.717, 1.165) is 0 Å². The molecule has 0 aliphatic carbocycles. The van der Waals surface area contributed by atoms with Gasteiger partial charge in [-0.3, -0.25) is 14.3 Å². The van der Waals surface area contributed by atoms with Crippen molar-refractivity contribution in [3.05, 3.63) is 47.7 Å². The number of nitrogens with one attached hydrogen (secondary N) is 1. The van der Waals surface area contributed by atoms with Crippen molar-refractivity contribution >= 4 is 29.1 Å². The second-order valence-corrected chi connectivity index (χ2v) is 6.13. The van der Waals surface area contributed by atoms with Crippen LogP contribution in [0.1, 0.15) is 19.3 Å². The summed E-state index contributed by atoms with van der Waals surface area (Å²) in [6.45, 7) is 1.24. The molecule has 1 aromatic carbocycles. The lowest BCUT2D eigenvalue weighted by molar-refractivity contribution is -0.126. The summed E-state index contributed by atoms with van der Waals surface area (Å²) in [5.74, 6) is -0.218. The number of anilines is 1. The minimum atomic E-state index is -0.474. The van der Waals surface area contributed by atoms with Gasteiger partial charge in [0.2, 0.25) is 11.8 Å². The normalized spacial score (nSPS) is 17.3. The van der Waals surface area contributed by atoms with Gasteiger partial charge in [0.15, 0.2) is 0 Å². The van der Waals surface area contributed by atoms with Gasteiger partial charge in [0.25, 0.3) is 0 Å². The van der Waals surface area contributed by atoms with Gasteiger partial charge in [0.05, 0.1) is 10.7 Å². The van der Waals surface area contributed by atoms with Crippen LogP contribution in [0, 0.1) is 0 Å². The van der Waals surface area contributed by atoms with Crippen LogP contribution in [0.15, 0.2) is 42.7 Å². The molecule has 24 heavy (non-hydrogen) atoms. The average Bonchev–Trinajstić information content (AvgIpc) is 3.19. The van der Waals surface area contributed by atoms with Crippen molar-refractivity contribution in [1.82, 2.24) is 15.1 Å². The highest BCUT2D eigenvalue weighted by molar-refractivity contribution is 6.34. The largest absolute Gasteiger partial charge is 0.344 e. The summed E-state index contributed by atoms with van der Waals surface area (Å²) < 4.78 is 1.78. The number of carbonyl (C=O) groups is 2. The van der Waals surface area contributed by atoms with Gasteiger partial charge in [-0.25, -0.2) is 0 Å². The summed E-state index contributed by atoms with van der Waals surface area (Å²) in [5.41, 5.74) is 0.694. The SMILES string of the molecule is O=C(CCCn1cccn1)NC1CCN(c2ccccc2Cl)C1=O. The molecule has 0 radical (unpaired) electrons. The van der Waals surface area contributed by atoms with Crippen molar-refractivity contribution < 1.29 is 9.59 Å². The molecule has 1 aliphatic rings. The van der Waals surface area contributed by atoms with Crippen molar-refractivity contribution in [2.24, 2.45) is 0 Å². The average molecular weight is 347 g/mol. The molecule has 1 atom stereocenters. The molecule has 2 amide bonds. The van der Waals surface area contributed by atoms with Gasteiger partial charge in [0.1, 0.15) is 6.04 Å². The Morgan fingerprint density at radius 3 is 2.92 bits per heavy atom. The van der Waals surface area contributed by atoms with E-state index >= 15 is 0 Å². The Kier molecular flexibility index (Phi) is 5.15. The van der Waals surface area contributed by atoms with E-state index in [4.69, 9.17) is 11.6 Å². The fourth-order valence-corrected chi connectivity index (χ4v) is 3.06. The predicted molar refractivity (Wildman–Crippen MR) is 91.8 cm³/mol. The number of hydrogen-bond donors (Lipinski definition) is 1. The standard InChI is InChI=1S/C17H19ClN4O2/c18-13-5-1-2-6-15(13)22-12-8-14(17(22)24)20-16(23)7-3-10-21-11-4-9-19-21/h1-2,4-6,9,11,14H,3,7-8,10,12H2,(H,20,23). The lowest BCUT2D eigenvalue weighted by Crippen LogP contribution is -2.41. The van der Waals surface area contributed by atoms with E-state index in [1.807, 2.05) is 30.5 Å². The van der Waals surface area contributed by atoms with Crippen LogP contribution in [-0.2, 0) is 16.1 Å². The smallest absolute Gasteiger partial charge is 0.249 e. The topological polar surface area (TPSA) is 67.2 Å². The van der Waals surface area contributed by atoms with E-state index in [1.54, 1.807) is 21.8 Å². The zero-order valence-electron chi connectivity index (χ0n) is 13.2. The van der Waals surface area contributed by atoms with E-state index in [1.165, 1.54) is 0 Å². The lowest BCUT2D eigenvalue weighted by atomic mass is 10.2. The monoisotopic (exact) mass is 346 g/mol. The van der Waals surface area contributed by atoms with Gasteiger partial charge in [-0.1, -0.05) is 23.7 Å². The number of rotatable bonds is 6. The molecule has 1 fully saturated rings. The minimum absolute atomic E-state index is 0.108. The maximum absolute atomic E-state index is 12.5. The third-order valence-corrected chi connectivity index (χ3v) is 4.35. The number of amides is 2. The number of aromatic nitrogens is 2. The number of halogens is 1. The van der Waals surface area contributed by atoms with Crippen molar-refractivity contribution in [3.63, 3.8) is 0 Å². The molecule has 0 spiro atoms. The number of benzene rings is 1. The predicted octanol–water partition coefficient (Wildman–Crippen LogP) is 2.24. The summed E-state index contributed by atoms with van der Waals surface area (Å²) in [4.78, 5) is 26.2. The Balaban J connectivity index is 1.50. The van der Waals surface area contributed by atoms with Crippen molar-refractivity contribution in [3.8, 4) is 0 Å². The van der Waals surface area contributed by atoms with Gasteiger partial charge < -0.3 is 10.2 Å². The van der Waals surface area contributed by atoms with Crippen LogP contribution in [0.5, 0.6) is 0 Å². The quantitative estimate of drug-likeness (QED) is 0.872. The third kappa shape index (κ3) is 3.76. The molecule has 2 heterocycles. The van der Waals surface area contributed by atoms with E-state index in [0.29, 0.717) is 43.1 Å². The molecule has 0 saturated carbocycles. The Labute approximate surface area is 145 Å². The maximum atomic E-state index is 12.5. The first-order valence-corrected chi connectivity index (χ1v) is 8.35. The van der Waals surface area contributed by atoms with Crippen LogP contribution < -0.4 is 10.2 Å². The zero-order valence-corrected chi connectivity index (χ0v) is 13.9. The van der Waals surface area contributed by atoms with Gasteiger partial charge in [0, 0.05) is 31.9 Å². The number of para-hydroxylation sites is 1. The molecule has 3 rings (SSSR count). The van der Waals surface area contributed by atoms with Gasteiger partial charge in [-0.15, -0.1) is 0 Å². The van der Waals surface area contributed by atoms with E-state index < -0.39 is 6.04 Å². The summed E-state index contributed by atoms with van der Waals surface area (Å²) in [5, 5.41) is 7.46. The molecule has 2 aromatic rings. The zero-order chi connectivity index (χ0) is 16.9. The summed E-state index contributed by atoms with van der Waals surface area (Å²) in [6, 6.07) is 8.61. The fourth-order valence-electron chi connectivity index (χ4n) is 2.82. The molecule has 1 unspecified atom stereocenters. The first-order valence-electron chi connectivity index (χ1n) is 7.98. The minimum Gasteiger partial charge on any atom is -0.344 e. The highest BCUT2D eigenvalue weighted by Gasteiger charge is 2.34. The summed E-state index contributed by atoms with van der Waals surface area (Å²) >= 11 is 6.15. The Hall–Kier alpha value is -2.34. The van der Waals surface area contributed by atoms with Crippen LogP contribution in [0.25, 0.3) is 0 Å². The van der Waals surface area contributed by atoms with Crippen LogP contribution in [0.2, 0.25) is 5.02 Å². The van der Waals surface area contributed by atoms with Crippen LogP contribution >= 0.6 is 11.6 Å². The number of hydrogen-bond acceptors (Lipinski definition) is 3.